The van der Waals surface area contributed by atoms with Gasteiger partial charge in [0.2, 0.25) is 0 Å². The fourth-order valence-corrected chi connectivity index (χ4v) is 3.32. The fraction of sp³-hybridized carbons (Fsp3) is 0.222. The number of carbonyl (C=O) groups is 2. The number of hydrogen-bond donors (Lipinski definition) is 1. The van der Waals surface area contributed by atoms with E-state index in [1.54, 1.807) is 23.9 Å². The zero-order valence-corrected chi connectivity index (χ0v) is 13.4. The standard InChI is InChI=1S/C18H17NO2S/c1-11(2)13-5-3-4-12(8-13)10-22-14-6-7-15-16(9-14)18(21)19-17(15)20/h3-9,11H,10H2,1-2H3,(H,19,20,21). The van der Waals surface area contributed by atoms with E-state index in [4.69, 9.17) is 0 Å². The highest BCUT2D eigenvalue weighted by Crippen LogP contribution is 2.28. The van der Waals surface area contributed by atoms with Gasteiger partial charge in [0.1, 0.15) is 0 Å². The van der Waals surface area contributed by atoms with Crippen LogP contribution in [0.25, 0.3) is 0 Å². The quantitative estimate of drug-likeness (QED) is 0.686. The van der Waals surface area contributed by atoms with Crippen LogP contribution in [0.1, 0.15) is 51.6 Å². The van der Waals surface area contributed by atoms with Crippen LogP contribution >= 0.6 is 11.8 Å². The number of rotatable bonds is 4. The van der Waals surface area contributed by atoms with Crippen molar-refractivity contribution in [2.45, 2.75) is 30.4 Å². The molecular formula is C18H17NO2S. The van der Waals surface area contributed by atoms with Crippen molar-refractivity contribution >= 4 is 23.6 Å². The van der Waals surface area contributed by atoms with Crippen molar-refractivity contribution in [2.75, 3.05) is 0 Å². The molecular weight excluding hydrogens is 294 g/mol. The predicted octanol–water partition coefficient (Wildman–Crippen LogP) is 3.99. The molecule has 4 heteroatoms. The molecule has 0 spiro atoms. The smallest absolute Gasteiger partial charge is 0.258 e. The van der Waals surface area contributed by atoms with Crippen LogP contribution in [-0.4, -0.2) is 11.8 Å². The molecule has 3 nitrogen and oxygen atoms in total. The molecule has 0 bridgehead atoms. The SMILES string of the molecule is CC(C)c1cccc(CSc2ccc3c(c2)C(=O)NC3=O)c1. The van der Waals surface area contributed by atoms with Crippen LogP contribution in [0.5, 0.6) is 0 Å². The fourth-order valence-electron chi connectivity index (χ4n) is 2.45. The van der Waals surface area contributed by atoms with Crippen molar-refractivity contribution in [3.8, 4) is 0 Å². The molecule has 2 aromatic rings. The third-order valence-electron chi connectivity index (χ3n) is 3.73. The second-order valence-electron chi connectivity index (χ2n) is 5.68. The number of thioether (sulfide) groups is 1. The van der Waals surface area contributed by atoms with E-state index in [2.05, 4.69) is 43.4 Å². The van der Waals surface area contributed by atoms with Crippen molar-refractivity contribution in [1.29, 1.82) is 0 Å². The lowest BCUT2D eigenvalue weighted by molar-refractivity contribution is 0.0879. The maximum absolute atomic E-state index is 11.7. The third kappa shape index (κ3) is 2.92. The first-order valence-corrected chi connectivity index (χ1v) is 8.24. The summed E-state index contributed by atoms with van der Waals surface area (Å²) in [4.78, 5) is 24.2. The summed E-state index contributed by atoms with van der Waals surface area (Å²) >= 11 is 1.67. The second kappa shape index (κ2) is 5.97. The van der Waals surface area contributed by atoms with E-state index in [0.717, 1.165) is 10.6 Å². The molecule has 0 aliphatic carbocycles. The molecule has 1 aliphatic heterocycles. The maximum atomic E-state index is 11.7. The molecule has 0 unspecified atom stereocenters. The van der Waals surface area contributed by atoms with Gasteiger partial charge in [-0.3, -0.25) is 14.9 Å². The first kappa shape index (κ1) is 14.9. The Hall–Kier alpha value is -2.07. The highest BCUT2D eigenvalue weighted by molar-refractivity contribution is 7.98. The van der Waals surface area contributed by atoms with Gasteiger partial charge in [-0.1, -0.05) is 38.1 Å². The largest absolute Gasteiger partial charge is 0.288 e. The van der Waals surface area contributed by atoms with Gasteiger partial charge in [0.05, 0.1) is 11.1 Å². The highest BCUT2D eigenvalue weighted by atomic mass is 32.2. The van der Waals surface area contributed by atoms with Crippen molar-refractivity contribution in [2.24, 2.45) is 0 Å². The molecule has 3 rings (SSSR count). The summed E-state index contributed by atoms with van der Waals surface area (Å²) in [5.74, 6) is 0.750. The Labute approximate surface area is 134 Å². The Morgan fingerprint density at radius 1 is 1.00 bits per heavy atom. The molecule has 0 saturated heterocycles. The van der Waals surface area contributed by atoms with Gasteiger partial charge in [-0.15, -0.1) is 11.8 Å². The van der Waals surface area contributed by atoms with E-state index in [1.165, 1.54) is 11.1 Å². The number of imide groups is 1. The average molecular weight is 311 g/mol. The summed E-state index contributed by atoms with van der Waals surface area (Å²) in [6.07, 6.45) is 0. The van der Waals surface area contributed by atoms with Crippen LogP contribution in [0.2, 0.25) is 0 Å². The van der Waals surface area contributed by atoms with E-state index >= 15 is 0 Å². The molecule has 22 heavy (non-hydrogen) atoms. The van der Waals surface area contributed by atoms with Gasteiger partial charge in [0, 0.05) is 10.6 Å². The van der Waals surface area contributed by atoms with E-state index in [9.17, 15) is 9.59 Å². The lowest BCUT2D eigenvalue weighted by Gasteiger charge is -2.08. The van der Waals surface area contributed by atoms with E-state index in [0.29, 0.717) is 17.0 Å². The topological polar surface area (TPSA) is 46.2 Å². The zero-order chi connectivity index (χ0) is 15.7. The average Bonchev–Trinajstić information content (AvgIpc) is 2.80. The number of amides is 2. The van der Waals surface area contributed by atoms with Crippen LogP contribution in [0, 0.1) is 0 Å². The summed E-state index contributed by atoms with van der Waals surface area (Å²) in [5, 5.41) is 2.32. The van der Waals surface area contributed by atoms with E-state index < -0.39 is 0 Å². The summed E-state index contributed by atoms with van der Waals surface area (Å²) in [5.41, 5.74) is 3.54. The van der Waals surface area contributed by atoms with Crippen LogP contribution in [0.3, 0.4) is 0 Å². The molecule has 0 atom stereocenters. The van der Waals surface area contributed by atoms with Crippen molar-refractivity contribution in [3.63, 3.8) is 0 Å². The molecule has 0 saturated carbocycles. The predicted molar refractivity (Wildman–Crippen MR) is 88.3 cm³/mol. The van der Waals surface area contributed by atoms with Crippen LogP contribution < -0.4 is 5.32 Å². The van der Waals surface area contributed by atoms with Crippen molar-refractivity contribution in [1.82, 2.24) is 5.32 Å². The molecule has 0 radical (unpaired) electrons. The minimum atomic E-state index is -0.304. The molecule has 1 aliphatic rings. The lowest BCUT2D eigenvalue weighted by atomic mass is 10.0. The van der Waals surface area contributed by atoms with Gasteiger partial charge >= 0.3 is 0 Å². The molecule has 0 aromatic heterocycles. The number of fused-ring (bicyclic) bond motifs is 1. The molecule has 1 N–H and O–H groups in total. The molecule has 2 amide bonds. The van der Waals surface area contributed by atoms with Crippen molar-refractivity contribution in [3.05, 3.63) is 64.7 Å². The van der Waals surface area contributed by atoms with E-state index in [-0.39, 0.29) is 11.8 Å². The summed E-state index contributed by atoms with van der Waals surface area (Å²) in [7, 11) is 0. The Kier molecular flexibility index (Phi) is 4.03. The maximum Gasteiger partial charge on any atom is 0.258 e. The number of benzene rings is 2. The number of hydrogen-bond acceptors (Lipinski definition) is 3. The van der Waals surface area contributed by atoms with Gasteiger partial charge in [0.15, 0.2) is 0 Å². The molecule has 1 heterocycles. The van der Waals surface area contributed by atoms with Gasteiger partial charge in [-0.25, -0.2) is 0 Å². The summed E-state index contributed by atoms with van der Waals surface area (Å²) in [6, 6.07) is 14.0. The first-order valence-electron chi connectivity index (χ1n) is 7.26. The van der Waals surface area contributed by atoms with Gasteiger partial charge in [-0.05, 0) is 35.2 Å². The van der Waals surface area contributed by atoms with Crippen molar-refractivity contribution < 1.29 is 9.59 Å². The lowest BCUT2D eigenvalue weighted by Crippen LogP contribution is -2.19. The van der Waals surface area contributed by atoms with Gasteiger partial charge in [-0.2, -0.15) is 0 Å². The Morgan fingerprint density at radius 3 is 2.55 bits per heavy atom. The second-order valence-corrected chi connectivity index (χ2v) is 6.73. The Morgan fingerprint density at radius 2 is 1.77 bits per heavy atom. The summed E-state index contributed by atoms with van der Waals surface area (Å²) < 4.78 is 0. The Bertz CT molecular complexity index is 753. The molecule has 112 valence electrons. The van der Waals surface area contributed by atoms with Crippen LogP contribution in [0.4, 0.5) is 0 Å². The third-order valence-corrected chi connectivity index (χ3v) is 4.80. The van der Waals surface area contributed by atoms with Crippen LogP contribution in [-0.2, 0) is 5.75 Å². The van der Waals surface area contributed by atoms with Gasteiger partial charge < -0.3 is 0 Å². The Balaban J connectivity index is 1.75. The number of nitrogens with one attached hydrogen (secondary N) is 1. The monoisotopic (exact) mass is 311 g/mol. The molecule has 0 fully saturated rings. The van der Waals surface area contributed by atoms with Crippen LogP contribution in [0.15, 0.2) is 47.4 Å². The number of carbonyl (C=O) groups excluding carboxylic acids is 2. The summed E-state index contributed by atoms with van der Waals surface area (Å²) in [6.45, 7) is 4.37. The minimum absolute atomic E-state index is 0.302. The highest BCUT2D eigenvalue weighted by Gasteiger charge is 2.26. The minimum Gasteiger partial charge on any atom is -0.288 e. The van der Waals surface area contributed by atoms with Gasteiger partial charge in [0.25, 0.3) is 11.8 Å². The van der Waals surface area contributed by atoms with E-state index in [1.807, 2.05) is 6.07 Å². The molecule has 2 aromatic carbocycles. The first-order chi connectivity index (χ1) is 10.5. The zero-order valence-electron chi connectivity index (χ0n) is 12.6. The normalized spacial score (nSPS) is 13.4.